The molecule has 2 aromatic rings. The molecule has 198 valence electrons. The molecule has 2 heterocycles. The van der Waals surface area contributed by atoms with Gasteiger partial charge in [0.25, 0.3) is 11.8 Å². The maximum Gasteiger partial charge on any atom is 0.257 e. The van der Waals surface area contributed by atoms with Gasteiger partial charge < -0.3 is 9.79 Å². The van der Waals surface area contributed by atoms with Gasteiger partial charge in [0.05, 0.1) is 4.90 Å². The highest BCUT2D eigenvalue weighted by molar-refractivity contribution is 7.92. The maximum atomic E-state index is 14.5. The highest BCUT2D eigenvalue weighted by Gasteiger charge is 2.42. The number of amides is 1. The third-order valence-electron chi connectivity index (χ3n) is 6.67. The first-order valence-electron chi connectivity index (χ1n) is 11.9. The van der Waals surface area contributed by atoms with Crippen LogP contribution >= 0.6 is 0 Å². The summed E-state index contributed by atoms with van der Waals surface area (Å²) >= 11 is 0. The number of carbonyl (C=O) groups is 1. The molecule has 1 saturated carbocycles. The van der Waals surface area contributed by atoms with Gasteiger partial charge in [0.15, 0.2) is 9.84 Å². The molecule has 2 aliphatic carbocycles. The highest BCUT2D eigenvalue weighted by atomic mass is 32.2. The molecule has 5 rings (SSSR count). The first-order valence-corrected chi connectivity index (χ1v) is 15.0. The van der Waals surface area contributed by atoms with Crippen LogP contribution in [0.2, 0.25) is 0 Å². The molecule has 13 heteroatoms. The van der Waals surface area contributed by atoms with Crippen LogP contribution < -0.4 is 10.0 Å². The Morgan fingerprint density at radius 1 is 1.05 bits per heavy atom. The van der Waals surface area contributed by atoms with E-state index in [0.29, 0.717) is 11.6 Å². The van der Waals surface area contributed by atoms with Gasteiger partial charge in [-0.05, 0) is 56.4 Å². The van der Waals surface area contributed by atoms with E-state index in [2.05, 4.69) is 11.1 Å². The van der Waals surface area contributed by atoms with Crippen LogP contribution in [-0.2, 0) is 24.7 Å². The number of halogens is 1. The molecule has 1 saturated heterocycles. The predicted molar refractivity (Wildman–Crippen MR) is 129 cm³/mol. The van der Waals surface area contributed by atoms with Crippen molar-refractivity contribution in [3.63, 3.8) is 0 Å². The first-order chi connectivity index (χ1) is 17.5. The van der Waals surface area contributed by atoms with Crippen LogP contribution in [0.4, 0.5) is 4.39 Å². The summed E-state index contributed by atoms with van der Waals surface area (Å²) < 4.78 is 63.2. The van der Waals surface area contributed by atoms with Gasteiger partial charge in [0.1, 0.15) is 22.1 Å². The van der Waals surface area contributed by atoms with E-state index in [1.807, 2.05) is 6.08 Å². The van der Waals surface area contributed by atoms with E-state index in [-0.39, 0.29) is 31.0 Å². The van der Waals surface area contributed by atoms with E-state index < -0.39 is 46.6 Å². The third kappa shape index (κ3) is 5.54. The van der Waals surface area contributed by atoms with Gasteiger partial charge in [-0.15, -0.1) is 0 Å². The normalized spacial score (nSPS) is 20.5. The second-order valence-electron chi connectivity index (χ2n) is 9.49. The van der Waals surface area contributed by atoms with Crippen LogP contribution in [0.15, 0.2) is 52.3 Å². The molecule has 3 aliphatic rings. The van der Waals surface area contributed by atoms with Crippen molar-refractivity contribution >= 4 is 25.8 Å². The SMILES string of the molecule is NS(=O)(=O)c1ccc(S(=O)(=O)C2CN(C(=O)c3cc(OOC4CC=CCC4)nc(C4CC4)c3)C2)c(F)c1. The minimum atomic E-state index is -4.18. The summed E-state index contributed by atoms with van der Waals surface area (Å²) in [7, 11) is -8.34. The van der Waals surface area contributed by atoms with Crippen molar-refractivity contribution in [2.75, 3.05) is 13.1 Å². The molecule has 2 fully saturated rings. The topological polar surface area (TPSA) is 146 Å². The van der Waals surface area contributed by atoms with Crippen LogP contribution in [0.3, 0.4) is 0 Å². The Bertz CT molecular complexity index is 1470. The summed E-state index contributed by atoms with van der Waals surface area (Å²) in [6, 6.07) is 5.55. The average Bonchev–Trinajstić information content (AvgIpc) is 3.67. The summed E-state index contributed by atoms with van der Waals surface area (Å²) in [6.07, 6.45) is 8.36. The fraction of sp³-hybridized carbons (Fsp3) is 0.417. The van der Waals surface area contributed by atoms with E-state index in [1.165, 1.54) is 11.0 Å². The van der Waals surface area contributed by atoms with Crippen molar-refractivity contribution in [1.29, 1.82) is 0 Å². The Morgan fingerprint density at radius 3 is 2.43 bits per heavy atom. The van der Waals surface area contributed by atoms with Gasteiger partial charge in [-0.25, -0.2) is 31.3 Å². The Morgan fingerprint density at radius 2 is 1.81 bits per heavy atom. The molecule has 1 unspecified atom stereocenters. The van der Waals surface area contributed by atoms with Crippen LogP contribution in [-0.4, -0.2) is 57.1 Å². The standard InChI is InChI=1S/C24H26FN3O7S2/c25-20-12-18(37(26,32)33)8-9-22(20)36(30,31)19-13-28(14-19)24(29)16-10-21(15-6-7-15)27-23(11-16)35-34-17-4-2-1-3-5-17/h1-2,8-12,15,17,19H,3-7,13-14H2,(H2,26,32,33). The number of hydrogen-bond donors (Lipinski definition) is 1. The third-order valence-corrected chi connectivity index (χ3v) is 9.70. The average molecular weight is 552 g/mol. The number of primary sulfonamides is 1. The molecule has 0 radical (unpaired) electrons. The summed E-state index contributed by atoms with van der Waals surface area (Å²) in [5.41, 5.74) is 1.02. The number of pyridine rings is 1. The summed E-state index contributed by atoms with van der Waals surface area (Å²) in [5.74, 6) is -1.20. The van der Waals surface area contributed by atoms with Gasteiger partial charge in [-0.2, -0.15) is 4.89 Å². The van der Waals surface area contributed by atoms with E-state index in [4.69, 9.17) is 14.9 Å². The van der Waals surface area contributed by atoms with Crippen molar-refractivity contribution in [3.05, 3.63) is 59.6 Å². The fourth-order valence-corrected chi connectivity index (χ4v) is 6.53. The van der Waals surface area contributed by atoms with Crippen LogP contribution in [0.5, 0.6) is 5.88 Å². The van der Waals surface area contributed by atoms with Crippen LogP contribution in [0.25, 0.3) is 0 Å². The van der Waals surface area contributed by atoms with E-state index in [9.17, 15) is 26.0 Å². The van der Waals surface area contributed by atoms with E-state index in [0.717, 1.165) is 49.9 Å². The molecule has 1 amide bonds. The number of sulfone groups is 1. The van der Waals surface area contributed by atoms with Crippen molar-refractivity contribution in [2.24, 2.45) is 5.14 Å². The monoisotopic (exact) mass is 551 g/mol. The van der Waals surface area contributed by atoms with Crippen LogP contribution in [0, 0.1) is 5.82 Å². The number of allylic oxidation sites excluding steroid dienone is 1. The molecule has 1 aromatic heterocycles. The first kappa shape index (κ1) is 25.8. The van der Waals surface area contributed by atoms with E-state index in [1.54, 1.807) is 6.07 Å². The highest BCUT2D eigenvalue weighted by Crippen LogP contribution is 2.40. The number of rotatable bonds is 8. The number of sulfonamides is 1. The smallest absolute Gasteiger partial charge is 0.257 e. The Hall–Kier alpha value is -2.87. The van der Waals surface area contributed by atoms with Crippen molar-refractivity contribution < 1.29 is 35.8 Å². The predicted octanol–water partition coefficient (Wildman–Crippen LogP) is 2.46. The summed E-state index contributed by atoms with van der Waals surface area (Å²) in [5, 5.41) is 3.94. The number of nitrogens with two attached hydrogens (primary N) is 1. The summed E-state index contributed by atoms with van der Waals surface area (Å²) in [6.45, 7) is -0.278. The maximum absolute atomic E-state index is 14.5. The second kappa shape index (κ2) is 9.78. The number of likely N-dealkylation sites (tertiary alicyclic amines) is 1. The summed E-state index contributed by atoms with van der Waals surface area (Å²) in [4.78, 5) is 28.8. The van der Waals surface area contributed by atoms with Crippen molar-refractivity contribution in [3.8, 4) is 5.88 Å². The van der Waals surface area contributed by atoms with Gasteiger partial charge in [-0.3, -0.25) is 4.79 Å². The van der Waals surface area contributed by atoms with Gasteiger partial charge in [0.2, 0.25) is 10.0 Å². The molecule has 1 aromatic carbocycles. The number of nitrogens with zero attached hydrogens (tertiary/aromatic N) is 2. The zero-order valence-corrected chi connectivity index (χ0v) is 21.4. The number of hydrogen-bond acceptors (Lipinski definition) is 8. The molecule has 37 heavy (non-hydrogen) atoms. The number of benzene rings is 1. The molecule has 1 atom stereocenters. The fourth-order valence-electron chi connectivity index (χ4n) is 4.30. The van der Waals surface area contributed by atoms with E-state index >= 15 is 0 Å². The van der Waals surface area contributed by atoms with Crippen molar-refractivity contribution in [1.82, 2.24) is 9.88 Å². The molecular formula is C24H26FN3O7S2. The zero-order valence-electron chi connectivity index (χ0n) is 19.7. The molecule has 2 N–H and O–H groups in total. The van der Waals surface area contributed by atoms with Crippen LogP contribution in [0.1, 0.15) is 54.1 Å². The van der Waals surface area contributed by atoms with Gasteiger partial charge in [-0.1, -0.05) is 12.2 Å². The zero-order chi connectivity index (χ0) is 26.4. The lowest BCUT2D eigenvalue weighted by Gasteiger charge is -2.38. The lowest BCUT2D eigenvalue weighted by Crippen LogP contribution is -2.57. The number of carbonyl (C=O) groups excluding carboxylic acids is 1. The number of aromatic nitrogens is 1. The Balaban J connectivity index is 1.28. The lowest BCUT2D eigenvalue weighted by molar-refractivity contribution is -0.248. The molecule has 0 spiro atoms. The molecule has 0 bridgehead atoms. The second-order valence-corrected chi connectivity index (χ2v) is 13.3. The molecule has 1 aliphatic heterocycles. The Kier molecular flexibility index (Phi) is 6.81. The lowest BCUT2D eigenvalue weighted by atomic mass is 10.1. The minimum absolute atomic E-state index is 0.101. The van der Waals surface area contributed by atoms with Gasteiger partial charge in [0, 0.05) is 36.3 Å². The minimum Gasteiger partial charge on any atom is -0.336 e. The molecule has 10 nitrogen and oxygen atoms in total. The quantitative estimate of drug-likeness (QED) is 0.299. The molecular weight excluding hydrogens is 525 g/mol. The van der Waals surface area contributed by atoms with Gasteiger partial charge >= 0.3 is 0 Å². The largest absolute Gasteiger partial charge is 0.336 e. The Labute approximate surface area is 214 Å². The van der Waals surface area contributed by atoms with Crippen molar-refractivity contribution in [2.45, 2.75) is 59.2 Å².